The van der Waals surface area contributed by atoms with Gasteiger partial charge in [-0.1, -0.05) is 27.7 Å². The highest BCUT2D eigenvalue weighted by molar-refractivity contribution is 5.89. The molecule has 0 spiro atoms. The van der Waals surface area contributed by atoms with Crippen LogP contribution in [0.5, 0.6) is 0 Å². The second-order valence-electron chi connectivity index (χ2n) is 5.96. The number of likely N-dealkylation sites (N-methyl/N-ethyl adjacent to an activating group) is 1. The lowest BCUT2D eigenvalue weighted by Crippen LogP contribution is -2.52. The first-order chi connectivity index (χ1) is 7.45. The standard InChI is InChI=1S/C12H23N3O/c1-5-15-7-8-6-13-14-9(8)10(15)11(16)12(2,3)4/h8-10,13-14H,5-7H2,1-4H3. The highest BCUT2D eigenvalue weighted by Gasteiger charge is 2.49. The number of ketones is 1. The number of hydrogen-bond donors (Lipinski definition) is 2. The number of rotatable bonds is 2. The number of nitrogens with one attached hydrogen (secondary N) is 2. The van der Waals surface area contributed by atoms with Gasteiger partial charge in [-0.3, -0.25) is 20.5 Å². The van der Waals surface area contributed by atoms with E-state index in [1.165, 1.54) is 0 Å². The third-order valence-electron chi connectivity index (χ3n) is 3.76. The first-order valence-electron chi connectivity index (χ1n) is 6.22. The van der Waals surface area contributed by atoms with Gasteiger partial charge < -0.3 is 0 Å². The number of likely N-dealkylation sites (tertiary alicyclic amines) is 1. The molecule has 0 amide bonds. The number of carbonyl (C=O) groups excluding carboxylic acids is 1. The lowest BCUT2D eigenvalue weighted by atomic mass is 9.83. The lowest BCUT2D eigenvalue weighted by molar-refractivity contribution is -0.131. The smallest absolute Gasteiger partial charge is 0.156 e. The van der Waals surface area contributed by atoms with Crippen LogP contribution in [0.15, 0.2) is 0 Å². The Labute approximate surface area is 97.7 Å². The number of Topliss-reactive ketones (excluding diaryl/α,β-unsaturated/α-hetero) is 1. The van der Waals surface area contributed by atoms with Gasteiger partial charge in [0.2, 0.25) is 0 Å². The average Bonchev–Trinajstić information content (AvgIpc) is 2.73. The van der Waals surface area contributed by atoms with E-state index in [4.69, 9.17) is 0 Å². The van der Waals surface area contributed by atoms with E-state index >= 15 is 0 Å². The second-order valence-corrected chi connectivity index (χ2v) is 5.96. The van der Waals surface area contributed by atoms with Crippen LogP contribution in [0.25, 0.3) is 0 Å². The summed E-state index contributed by atoms with van der Waals surface area (Å²) in [5, 5.41) is 0. The van der Waals surface area contributed by atoms with Crippen molar-refractivity contribution in [2.24, 2.45) is 11.3 Å². The summed E-state index contributed by atoms with van der Waals surface area (Å²) in [6, 6.07) is 0.344. The van der Waals surface area contributed by atoms with Gasteiger partial charge in [-0.25, -0.2) is 0 Å². The first kappa shape index (κ1) is 12.0. The van der Waals surface area contributed by atoms with Crippen LogP contribution in [-0.2, 0) is 4.79 Å². The quantitative estimate of drug-likeness (QED) is 0.714. The van der Waals surface area contributed by atoms with Crippen LogP contribution < -0.4 is 10.9 Å². The maximum atomic E-state index is 12.5. The summed E-state index contributed by atoms with van der Waals surface area (Å²) < 4.78 is 0. The minimum atomic E-state index is -0.253. The molecule has 92 valence electrons. The summed E-state index contributed by atoms with van der Waals surface area (Å²) in [5.74, 6) is 0.939. The maximum Gasteiger partial charge on any atom is 0.156 e. The number of fused-ring (bicyclic) bond motifs is 1. The molecule has 2 saturated heterocycles. The largest absolute Gasteiger partial charge is 0.297 e. The number of nitrogens with zero attached hydrogens (tertiary/aromatic N) is 1. The van der Waals surface area contributed by atoms with Crippen LogP contribution in [-0.4, -0.2) is 42.4 Å². The van der Waals surface area contributed by atoms with Crippen molar-refractivity contribution >= 4 is 5.78 Å². The van der Waals surface area contributed by atoms with Crippen molar-refractivity contribution in [2.75, 3.05) is 19.6 Å². The summed E-state index contributed by atoms with van der Waals surface area (Å²) in [5.41, 5.74) is 6.20. The zero-order valence-corrected chi connectivity index (χ0v) is 10.7. The van der Waals surface area contributed by atoms with Gasteiger partial charge in [0.25, 0.3) is 0 Å². The van der Waals surface area contributed by atoms with Gasteiger partial charge in [-0.05, 0) is 6.54 Å². The van der Waals surface area contributed by atoms with Crippen molar-refractivity contribution in [2.45, 2.75) is 39.8 Å². The van der Waals surface area contributed by atoms with Crippen molar-refractivity contribution in [3.63, 3.8) is 0 Å². The average molecular weight is 225 g/mol. The topological polar surface area (TPSA) is 44.4 Å². The van der Waals surface area contributed by atoms with E-state index in [0.717, 1.165) is 19.6 Å². The number of hydrogen-bond acceptors (Lipinski definition) is 4. The highest BCUT2D eigenvalue weighted by atomic mass is 16.1. The Bertz CT molecular complexity index is 284. The molecular formula is C12H23N3O. The molecule has 4 heteroatoms. The predicted molar refractivity (Wildman–Crippen MR) is 63.9 cm³/mol. The molecule has 4 nitrogen and oxygen atoms in total. The van der Waals surface area contributed by atoms with Crippen molar-refractivity contribution in [3.8, 4) is 0 Å². The van der Waals surface area contributed by atoms with Crippen LogP contribution in [0, 0.1) is 11.3 Å². The molecule has 2 heterocycles. The molecule has 0 aliphatic carbocycles. The van der Waals surface area contributed by atoms with Crippen molar-refractivity contribution in [1.82, 2.24) is 15.8 Å². The zero-order valence-electron chi connectivity index (χ0n) is 10.7. The lowest BCUT2D eigenvalue weighted by Gasteiger charge is -2.31. The molecule has 0 radical (unpaired) electrons. The highest BCUT2D eigenvalue weighted by Crippen LogP contribution is 2.31. The maximum absolute atomic E-state index is 12.5. The Morgan fingerprint density at radius 2 is 2.12 bits per heavy atom. The fraction of sp³-hybridized carbons (Fsp3) is 0.917. The fourth-order valence-corrected chi connectivity index (χ4v) is 2.81. The van der Waals surface area contributed by atoms with Gasteiger partial charge in [-0.2, -0.15) is 0 Å². The van der Waals surface area contributed by atoms with Crippen LogP contribution in [0.1, 0.15) is 27.7 Å². The van der Waals surface area contributed by atoms with E-state index in [0.29, 0.717) is 17.7 Å². The van der Waals surface area contributed by atoms with E-state index in [1.807, 2.05) is 20.8 Å². The molecule has 0 bridgehead atoms. The van der Waals surface area contributed by atoms with Crippen LogP contribution in [0.2, 0.25) is 0 Å². The fourth-order valence-electron chi connectivity index (χ4n) is 2.81. The summed E-state index contributed by atoms with van der Waals surface area (Å²) in [4.78, 5) is 14.8. The van der Waals surface area contributed by atoms with E-state index in [1.54, 1.807) is 0 Å². The molecule has 2 aliphatic heterocycles. The summed E-state index contributed by atoms with van der Waals surface area (Å²) in [7, 11) is 0. The van der Waals surface area contributed by atoms with E-state index in [9.17, 15) is 4.79 Å². The third-order valence-corrected chi connectivity index (χ3v) is 3.76. The molecule has 3 unspecified atom stereocenters. The third kappa shape index (κ3) is 1.90. The Kier molecular flexibility index (Phi) is 3.07. The van der Waals surface area contributed by atoms with Crippen molar-refractivity contribution in [3.05, 3.63) is 0 Å². The van der Waals surface area contributed by atoms with Gasteiger partial charge in [0.1, 0.15) is 0 Å². The zero-order chi connectivity index (χ0) is 11.9. The van der Waals surface area contributed by atoms with E-state index in [-0.39, 0.29) is 11.5 Å². The predicted octanol–water partition coefficient (Wildman–Crippen LogP) is 0.398. The number of carbonyl (C=O) groups is 1. The first-order valence-corrected chi connectivity index (χ1v) is 6.22. The minimum Gasteiger partial charge on any atom is -0.297 e. The van der Waals surface area contributed by atoms with Crippen molar-refractivity contribution in [1.29, 1.82) is 0 Å². The Hall–Kier alpha value is -0.450. The Morgan fingerprint density at radius 1 is 1.44 bits per heavy atom. The molecule has 2 aliphatic rings. The van der Waals surface area contributed by atoms with Gasteiger partial charge in [0.05, 0.1) is 6.04 Å². The SMILES string of the molecule is CCN1CC2CNNC2C1C(=O)C(C)(C)C. The summed E-state index contributed by atoms with van der Waals surface area (Å²) in [6.07, 6.45) is 0. The van der Waals surface area contributed by atoms with Gasteiger partial charge in [-0.15, -0.1) is 0 Å². The summed E-state index contributed by atoms with van der Waals surface area (Å²) >= 11 is 0. The molecule has 2 fully saturated rings. The van der Waals surface area contributed by atoms with Crippen LogP contribution >= 0.6 is 0 Å². The second kappa shape index (κ2) is 4.09. The molecule has 16 heavy (non-hydrogen) atoms. The van der Waals surface area contributed by atoms with E-state index in [2.05, 4.69) is 22.7 Å². The number of hydrazine groups is 1. The molecule has 0 aromatic heterocycles. The van der Waals surface area contributed by atoms with Gasteiger partial charge in [0.15, 0.2) is 5.78 Å². The van der Waals surface area contributed by atoms with Gasteiger partial charge >= 0.3 is 0 Å². The molecule has 0 aromatic carbocycles. The molecule has 2 rings (SSSR count). The van der Waals surface area contributed by atoms with Gasteiger partial charge in [0, 0.05) is 30.5 Å². The molecular weight excluding hydrogens is 202 g/mol. The normalized spacial score (nSPS) is 35.4. The Morgan fingerprint density at radius 3 is 2.69 bits per heavy atom. The minimum absolute atomic E-state index is 0.0463. The van der Waals surface area contributed by atoms with Crippen LogP contribution in [0.3, 0.4) is 0 Å². The summed E-state index contributed by atoms with van der Waals surface area (Å²) in [6.45, 7) is 11.2. The molecule has 0 saturated carbocycles. The monoisotopic (exact) mass is 225 g/mol. The molecule has 3 atom stereocenters. The van der Waals surface area contributed by atoms with Crippen LogP contribution in [0.4, 0.5) is 0 Å². The molecule has 2 N–H and O–H groups in total. The molecule has 0 aromatic rings. The Balaban J connectivity index is 2.19. The van der Waals surface area contributed by atoms with E-state index < -0.39 is 0 Å². The van der Waals surface area contributed by atoms with Crippen molar-refractivity contribution < 1.29 is 4.79 Å².